The molecule has 1 amide bonds. The van der Waals surface area contributed by atoms with Crippen LogP contribution in [0.15, 0.2) is 12.1 Å². The number of hydrogen-bond acceptors (Lipinski definition) is 2. The summed E-state index contributed by atoms with van der Waals surface area (Å²) in [6.07, 6.45) is -4.35. The summed E-state index contributed by atoms with van der Waals surface area (Å²) in [6, 6.07) is 1.35. The van der Waals surface area contributed by atoms with Gasteiger partial charge >= 0.3 is 6.18 Å². The molecule has 1 fully saturated rings. The van der Waals surface area contributed by atoms with Gasteiger partial charge < -0.3 is 10.6 Å². The van der Waals surface area contributed by atoms with Crippen molar-refractivity contribution >= 4 is 11.6 Å². The van der Waals surface area contributed by atoms with E-state index in [0.717, 1.165) is 4.90 Å². The number of likely N-dealkylation sites (tertiary alicyclic amines) is 1. The zero-order chi connectivity index (χ0) is 15.8. The van der Waals surface area contributed by atoms with Gasteiger partial charge in [0, 0.05) is 13.1 Å². The molecule has 1 aromatic rings. The number of nitrogens with two attached hydrogens (primary N) is 1. The smallest absolute Gasteiger partial charge is 0.393 e. The molecule has 2 N–H and O–H groups in total. The fraction of sp³-hybridized carbons (Fsp3) is 0.462. The normalized spacial score (nSPS) is 19.7. The number of rotatable bonds is 1. The number of carbonyl (C=O) groups is 1. The Morgan fingerprint density at radius 1 is 1.29 bits per heavy atom. The maximum absolute atomic E-state index is 13.8. The number of nitrogens with zero attached hydrogens (tertiary/aromatic N) is 1. The van der Waals surface area contributed by atoms with Gasteiger partial charge in [0.1, 0.15) is 5.82 Å². The summed E-state index contributed by atoms with van der Waals surface area (Å²) < 4.78 is 65.0. The molecule has 0 radical (unpaired) electrons. The molecule has 0 aliphatic carbocycles. The van der Waals surface area contributed by atoms with Crippen molar-refractivity contribution in [3.05, 3.63) is 29.3 Å². The Balaban J connectivity index is 2.24. The first kappa shape index (κ1) is 15.5. The van der Waals surface area contributed by atoms with Crippen LogP contribution in [0.1, 0.15) is 23.2 Å². The van der Waals surface area contributed by atoms with E-state index in [-0.39, 0.29) is 19.4 Å². The number of anilines is 1. The molecule has 0 spiro atoms. The summed E-state index contributed by atoms with van der Waals surface area (Å²) in [4.78, 5) is 13.0. The molecule has 3 nitrogen and oxygen atoms in total. The van der Waals surface area contributed by atoms with E-state index in [1.54, 1.807) is 0 Å². The number of halogens is 5. The molecule has 0 bridgehead atoms. The summed E-state index contributed by atoms with van der Waals surface area (Å²) in [6.45, 7) is -0.487. The van der Waals surface area contributed by atoms with Crippen LogP contribution in [0.3, 0.4) is 0 Å². The average molecular weight is 308 g/mol. The summed E-state index contributed by atoms with van der Waals surface area (Å²) in [7, 11) is 0. The maximum atomic E-state index is 13.8. The van der Waals surface area contributed by atoms with E-state index in [2.05, 4.69) is 0 Å². The van der Waals surface area contributed by atoms with Crippen molar-refractivity contribution in [2.24, 2.45) is 5.92 Å². The number of amides is 1. The van der Waals surface area contributed by atoms with Crippen molar-refractivity contribution in [1.82, 2.24) is 4.90 Å². The molecule has 1 saturated heterocycles. The highest BCUT2D eigenvalue weighted by molar-refractivity contribution is 5.95. The molecule has 1 aliphatic rings. The van der Waals surface area contributed by atoms with Gasteiger partial charge in [-0.15, -0.1) is 0 Å². The Labute approximate surface area is 117 Å². The molecule has 1 aliphatic heterocycles. The fourth-order valence-electron chi connectivity index (χ4n) is 2.37. The van der Waals surface area contributed by atoms with Crippen LogP contribution >= 0.6 is 0 Å². The third-order valence-corrected chi connectivity index (χ3v) is 3.47. The minimum atomic E-state index is -4.42. The number of hydrogen-bond donors (Lipinski definition) is 1. The van der Waals surface area contributed by atoms with Crippen LogP contribution in [0.4, 0.5) is 27.6 Å². The molecule has 116 valence electrons. The lowest BCUT2D eigenvalue weighted by atomic mass is 9.96. The maximum Gasteiger partial charge on any atom is 0.393 e. The van der Waals surface area contributed by atoms with Crippen LogP contribution in [-0.2, 0) is 0 Å². The Morgan fingerprint density at radius 2 is 1.95 bits per heavy atom. The zero-order valence-corrected chi connectivity index (χ0v) is 10.9. The number of piperidine rings is 1. The third-order valence-electron chi connectivity index (χ3n) is 3.47. The lowest BCUT2D eigenvalue weighted by Gasteiger charge is -2.33. The topological polar surface area (TPSA) is 46.3 Å². The lowest BCUT2D eigenvalue weighted by Crippen LogP contribution is -2.44. The molecule has 0 saturated carbocycles. The minimum Gasteiger partial charge on any atom is -0.396 e. The fourth-order valence-corrected chi connectivity index (χ4v) is 2.37. The highest BCUT2D eigenvalue weighted by atomic mass is 19.4. The van der Waals surface area contributed by atoms with Crippen molar-refractivity contribution in [2.45, 2.75) is 19.0 Å². The summed E-state index contributed by atoms with van der Waals surface area (Å²) in [5.41, 5.74) is 4.02. The van der Waals surface area contributed by atoms with E-state index in [0.29, 0.717) is 12.1 Å². The predicted octanol–water partition coefficient (Wildman–Crippen LogP) is 2.96. The summed E-state index contributed by atoms with van der Waals surface area (Å²) in [5.74, 6) is -4.66. The second-order valence-corrected chi connectivity index (χ2v) is 4.99. The lowest BCUT2D eigenvalue weighted by molar-refractivity contribution is -0.184. The minimum absolute atomic E-state index is 0.0707. The standard InChI is InChI=1S/C13H13F5N2O/c14-8-4-9(11(15)10(19)5-8)12(21)20-3-1-2-7(6-20)13(16,17)18/h4-5,7H,1-3,6,19H2. The predicted molar refractivity (Wildman–Crippen MR) is 65.5 cm³/mol. The van der Waals surface area contributed by atoms with Crippen LogP contribution in [0.5, 0.6) is 0 Å². The Hall–Kier alpha value is -1.86. The first-order valence-corrected chi connectivity index (χ1v) is 6.30. The van der Waals surface area contributed by atoms with E-state index in [9.17, 15) is 26.7 Å². The first-order chi connectivity index (χ1) is 9.70. The van der Waals surface area contributed by atoms with Crippen LogP contribution in [0.2, 0.25) is 0 Å². The van der Waals surface area contributed by atoms with Gasteiger partial charge in [-0.1, -0.05) is 0 Å². The Morgan fingerprint density at radius 3 is 2.57 bits per heavy atom. The molecular weight excluding hydrogens is 295 g/mol. The summed E-state index contributed by atoms with van der Waals surface area (Å²) in [5, 5.41) is 0. The van der Waals surface area contributed by atoms with Crippen molar-refractivity contribution in [2.75, 3.05) is 18.8 Å². The van der Waals surface area contributed by atoms with Crippen molar-refractivity contribution in [3.63, 3.8) is 0 Å². The largest absolute Gasteiger partial charge is 0.396 e. The highest BCUT2D eigenvalue weighted by Gasteiger charge is 2.43. The van der Waals surface area contributed by atoms with E-state index >= 15 is 0 Å². The number of benzene rings is 1. The van der Waals surface area contributed by atoms with Crippen molar-refractivity contribution in [3.8, 4) is 0 Å². The van der Waals surface area contributed by atoms with Gasteiger partial charge in [0.2, 0.25) is 0 Å². The van der Waals surface area contributed by atoms with Gasteiger partial charge in [0.25, 0.3) is 5.91 Å². The van der Waals surface area contributed by atoms with Gasteiger partial charge in [-0.2, -0.15) is 13.2 Å². The molecule has 0 aromatic heterocycles. The molecule has 8 heteroatoms. The molecular formula is C13H13F5N2O. The molecule has 1 unspecified atom stereocenters. The molecule has 1 atom stereocenters. The molecule has 2 rings (SSSR count). The Bertz CT molecular complexity index is 558. The van der Waals surface area contributed by atoms with Crippen molar-refractivity contribution in [1.29, 1.82) is 0 Å². The first-order valence-electron chi connectivity index (χ1n) is 6.30. The number of carbonyl (C=O) groups excluding carboxylic acids is 1. The average Bonchev–Trinajstić information content (AvgIpc) is 2.41. The number of nitrogen functional groups attached to an aromatic ring is 1. The number of alkyl halides is 3. The van der Waals surface area contributed by atoms with Crippen LogP contribution in [-0.4, -0.2) is 30.1 Å². The quantitative estimate of drug-likeness (QED) is 0.640. The second kappa shape index (κ2) is 5.50. The molecule has 21 heavy (non-hydrogen) atoms. The van der Waals surface area contributed by atoms with E-state index in [4.69, 9.17) is 5.73 Å². The zero-order valence-electron chi connectivity index (χ0n) is 10.9. The second-order valence-electron chi connectivity index (χ2n) is 4.99. The van der Waals surface area contributed by atoms with E-state index < -0.39 is 47.4 Å². The van der Waals surface area contributed by atoms with Gasteiger partial charge in [-0.25, -0.2) is 8.78 Å². The van der Waals surface area contributed by atoms with Gasteiger partial charge in [-0.3, -0.25) is 4.79 Å². The van der Waals surface area contributed by atoms with Crippen LogP contribution in [0.25, 0.3) is 0 Å². The van der Waals surface area contributed by atoms with Gasteiger partial charge in [0.05, 0.1) is 17.2 Å². The SMILES string of the molecule is Nc1cc(F)cc(C(=O)N2CCCC(C(F)(F)F)C2)c1F. The molecule has 1 heterocycles. The van der Waals surface area contributed by atoms with E-state index in [1.807, 2.05) is 0 Å². The third kappa shape index (κ3) is 3.25. The van der Waals surface area contributed by atoms with Crippen LogP contribution in [0, 0.1) is 17.6 Å². The van der Waals surface area contributed by atoms with Gasteiger partial charge in [0.15, 0.2) is 5.82 Å². The van der Waals surface area contributed by atoms with Gasteiger partial charge in [-0.05, 0) is 25.0 Å². The molecule has 1 aromatic carbocycles. The van der Waals surface area contributed by atoms with E-state index in [1.165, 1.54) is 0 Å². The monoisotopic (exact) mass is 308 g/mol. The highest BCUT2D eigenvalue weighted by Crippen LogP contribution is 2.33. The Kier molecular flexibility index (Phi) is 4.06. The van der Waals surface area contributed by atoms with Crippen molar-refractivity contribution < 1.29 is 26.7 Å². The van der Waals surface area contributed by atoms with Crippen LogP contribution < -0.4 is 5.73 Å². The summed E-state index contributed by atoms with van der Waals surface area (Å²) >= 11 is 0.